The van der Waals surface area contributed by atoms with Crippen LogP contribution < -0.4 is 10.3 Å². The summed E-state index contributed by atoms with van der Waals surface area (Å²) in [6, 6.07) is 12.8. The number of aryl methyl sites for hydroxylation is 1. The van der Waals surface area contributed by atoms with E-state index in [9.17, 15) is 4.79 Å². The van der Waals surface area contributed by atoms with E-state index >= 15 is 0 Å². The van der Waals surface area contributed by atoms with Crippen LogP contribution in [-0.2, 0) is 13.7 Å². The largest absolute Gasteiger partial charge is 0.485 e. The Morgan fingerprint density at radius 3 is 2.85 bits per heavy atom. The summed E-state index contributed by atoms with van der Waals surface area (Å²) in [4.78, 5) is 17.3. The SMILES string of the molecule is Cn1c(C2CC2)nc2ccc(-n3ccc(OCc4ccco4)cc3=O)cc21. The van der Waals surface area contributed by atoms with Gasteiger partial charge < -0.3 is 13.7 Å². The summed E-state index contributed by atoms with van der Waals surface area (Å²) in [5.41, 5.74) is 2.68. The number of ether oxygens (including phenoxy) is 1. The summed E-state index contributed by atoms with van der Waals surface area (Å²) in [5.74, 6) is 2.95. The summed E-state index contributed by atoms with van der Waals surface area (Å²) in [7, 11) is 2.04. The van der Waals surface area contributed by atoms with Crippen LogP contribution in [-0.4, -0.2) is 14.1 Å². The van der Waals surface area contributed by atoms with Gasteiger partial charge in [0.25, 0.3) is 5.56 Å². The zero-order chi connectivity index (χ0) is 18.4. The van der Waals surface area contributed by atoms with Crippen LogP contribution in [0.3, 0.4) is 0 Å². The van der Waals surface area contributed by atoms with Gasteiger partial charge in [0.1, 0.15) is 23.9 Å². The maximum absolute atomic E-state index is 12.6. The number of aromatic nitrogens is 3. The Morgan fingerprint density at radius 2 is 2.11 bits per heavy atom. The number of hydrogen-bond donors (Lipinski definition) is 0. The van der Waals surface area contributed by atoms with Crippen molar-refractivity contribution in [2.24, 2.45) is 7.05 Å². The van der Waals surface area contributed by atoms with Gasteiger partial charge in [-0.3, -0.25) is 9.36 Å². The molecule has 3 heterocycles. The maximum atomic E-state index is 12.6. The number of rotatable bonds is 5. The van der Waals surface area contributed by atoms with E-state index in [-0.39, 0.29) is 5.56 Å². The molecule has 1 fully saturated rings. The molecule has 0 bridgehead atoms. The van der Waals surface area contributed by atoms with Gasteiger partial charge in [0.2, 0.25) is 0 Å². The molecule has 0 spiro atoms. The summed E-state index contributed by atoms with van der Waals surface area (Å²) in [6.45, 7) is 0.293. The lowest BCUT2D eigenvalue weighted by atomic mass is 10.2. The molecule has 0 saturated heterocycles. The number of benzene rings is 1. The molecule has 0 amide bonds. The van der Waals surface area contributed by atoms with Crippen molar-refractivity contribution in [1.82, 2.24) is 14.1 Å². The van der Waals surface area contributed by atoms with Gasteiger partial charge in [-0.05, 0) is 49.2 Å². The molecule has 0 aliphatic heterocycles. The van der Waals surface area contributed by atoms with Crippen LogP contribution in [0.4, 0.5) is 0 Å². The lowest BCUT2D eigenvalue weighted by Crippen LogP contribution is -2.16. The van der Waals surface area contributed by atoms with Gasteiger partial charge in [-0.15, -0.1) is 0 Å². The third kappa shape index (κ3) is 2.93. The highest BCUT2D eigenvalue weighted by atomic mass is 16.5. The van der Waals surface area contributed by atoms with Crippen molar-refractivity contribution in [3.63, 3.8) is 0 Å². The molecule has 0 unspecified atom stereocenters. The van der Waals surface area contributed by atoms with Crippen LogP contribution in [0.2, 0.25) is 0 Å². The molecule has 1 aliphatic carbocycles. The Balaban J connectivity index is 1.45. The van der Waals surface area contributed by atoms with Crippen molar-refractivity contribution in [3.05, 3.63) is 76.9 Å². The van der Waals surface area contributed by atoms with Gasteiger partial charge in [-0.2, -0.15) is 0 Å². The third-order valence-electron chi connectivity index (χ3n) is 4.97. The average molecular weight is 361 g/mol. The fourth-order valence-electron chi connectivity index (χ4n) is 3.37. The van der Waals surface area contributed by atoms with Crippen LogP contribution in [0, 0.1) is 0 Å². The summed E-state index contributed by atoms with van der Waals surface area (Å²) < 4.78 is 14.6. The molecule has 6 heteroatoms. The molecule has 5 rings (SSSR count). The first-order valence-corrected chi connectivity index (χ1v) is 9.04. The average Bonchev–Trinajstić information content (AvgIpc) is 3.28. The number of furan rings is 1. The van der Waals surface area contributed by atoms with E-state index in [1.165, 1.54) is 18.9 Å². The van der Waals surface area contributed by atoms with E-state index in [4.69, 9.17) is 14.1 Å². The molecule has 6 nitrogen and oxygen atoms in total. The fourth-order valence-corrected chi connectivity index (χ4v) is 3.37. The molecule has 1 aliphatic rings. The molecule has 27 heavy (non-hydrogen) atoms. The number of hydrogen-bond acceptors (Lipinski definition) is 4. The third-order valence-corrected chi connectivity index (χ3v) is 4.97. The molecule has 4 aromatic rings. The molecule has 3 aromatic heterocycles. The van der Waals surface area contributed by atoms with Crippen LogP contribution in [0.25, 0.3) is 16.7 Å². The maximum Gasteiger partial charge on any atom is 0.258 e. The number of fused-ring (bicyclic) bond motifs is 1. The predicted octanol–water partition coefficient (Wildman–Crippen LogP) is 3.77. The second-order valence-electron chi connectivity index (χ2n) is 6.92. The zero-order valence-electron chi connectivity index (χ0n) is 15.0. The number of nitrogens with zero attached hydrogens (tertiary/aromatic N) is 3. The minimum absolute atomic E-state index is 0.143. The second-order valence-corrected chi connectivity index (χ2v) is 6.92. The summed E-state index contributed by atoms with van der Waals surface area (Å²) >= 11 is 0. The normalized spacial score (nSPS) is 14.0. The Kier molecular flexibility index (Phi) is 3.63. The topological polar surface area (TPSA) is 62.2 Å². The Hall–Kier alpha value is -3.28. The van der Waals surface area contributed by atoms with Crippen LogP contribution >= 0.6 is 0 Å². The molecule has 0 radical (unpaired) electrons. The zero-order valence-corrected chi connectivity index (χ0v) is 15.0. The molecular weight excluding hydrogens is 342 g/mol. The number of pyridine rings is 1. The minimum Gasteiger partial charge on any atom is -0.485 e. The number of imidazole rings is 1. The molecule has 1 aromatic carbocycles. The highest BCUT2D eigenvalue weighted by Crippen LogP contribution is 2.40. The molecular formula is C21H19N3O3. The van der Waals surface area contributed by atoms with E-state index in [2.05, 4.69) is 4.57 Å². The van der Waals surface area contributed by atoms with Crippen LogP contribution in [0.15, 0.2) is 64.1 Å². The van der Waals surface area contributed by atoms with Gasteiger partial charge in [0.05, 0.1) is 23.0 Å². The predicted molar refractivity (Wildman–Crippen MR) is 101 cm³/mol. The van der Waals surface area contributed by atoms with Gasteiger partial charge >= 0.3 is 0 Å². The van der Waals surface area contributed by atoms with Gasteiger partial charge in [0, 0.05) is 25.2 Å². The van der Waals surface area contributed by atoms with E-state index < -0.39 is 0 Å². The smallest absolute Gasteiger partial charge is 0.258 e. The summed E-state index contributed by atoms with van der Waals surface area (Å²) in [5, 5.41) is 0. The van der Waals surface area contributed by atoms with E-state index in [1.54, 1.807) is 29.2 Å². The lowest BCUT2D eigenvalue weighted by Gasteiger charge is -2.09. The van der Waals surface area contributed by atoms with Crippen molar-refractivity contribution in [1.29, 1.82) is 0 Å². The summed E-state index contributed by atoms with van der Waals surface area (Å²) in [6.07, 6.45) is 5.75. The quantitative estimate of drug-likeness (QED) is 0.543. The second kappa shape index (κ2) is 6.16. The van der Waals surface area contributed by atoms with E-state index in [1.807, 2.05) is 31.3 Å². The van der Waals surface area contributed by atoms with Gasteiger partial charge in [-0.1, -0.05) is 0 Å². The minimum atomic E-state index is -0.143. The van der Waals surface area contributed by atoms with Crippen molar-refractivity contribution < 1.29 is 9.15 Å². The van der Waals surface area contributed by atoms with Crippen molar-refractivity contribution in [3.8, 4) is 11.4 Å². The molecule has 0 atom stereocenters. The molecule has 1 saturated carbocycles. The van der Waals surface area contributed by atoms with Crippen molar-refractivity contribution in [2.45, 2.75) is 25.4 Å². The highest BCUT2D eigenvalue weighted by molar-refractivity contribution is 5.78. The van der Waals surface area contributed by atoms with Gasteiger partial charge in [-0.25, -0.2) is 4.98 Å². The Labute approximate surface area is 155 Å². The Bertz CT molecular complexity index is 1170. The fraction of sp³-hybridized carbons (Fsp3) is 0.238. The first kappa shape index (κ1) is 15.9. The van der Waals surface area contributed by atoms with E-state index in [0.29, 0.717) is 24.0 Å². The first-order chi connectivity index (χ1) is 13.2. The first-order valence-electron chi connectivity index (χ1n) is 9.04. The standard InChI is InChI=1S/C21H19N3O3/c1-23-19-11-15(6-7-18(19)22-21(23)14-4-5-14)24-9-8-16(12-20(24)25)27-13-17-3-2-10-26-17/h2-3,6-12,14H,4-5,13H2,1H3. The molecule has 0 N–H and O–H groups in total. The van der Waals surface area contributed by atoms with Crippen molar-refractivity contribution in [2.75, 3.05) is 0 Å². The lowest BCUT2D eigenvalue weighted by molar-refractivity contribution is 0.269. The van der Waals surface area contributed by atoms with Gasteiger partial charge in [0.15, 0.2) is 0 Å². The van der Waals surface area contributed by atoms with Crippen molar-refractivity contribution >= 4 is 11.0 Å². The van der Waals surface area contributed by atoms with E-state index in [0.717, 1.165) is 22.5 Å². The van der Waals surface area contributed by atoms with Crippen LogP contribution in [0.1, 0.15) is 30.3 Å². The molecule has 136 valence electrons. The monoisotopic (exact) mass is 361 g/mol. The van der Waals surface area contributed by atoms with Crippen LogP contribution in [0.5, 0.6) is 5.75 Å². The Morgan fingerprint density at radius 1 is 1.22 bits per heavy atom. The highest BCUT2D eigenvalue weighted by Gasteiger charge is 2.28.